The molecule has 0 aromatic heterocycles. The number of nitrogens with zero attached hydrogens (tertiary/aromatic N) is 3. The van der Waals surface area contributed by atoms with Crippen molar-refractivity contribution in [2.45, 2.75) is 36.6 Å². The number of sulfonamides is 1. The number of piperazine rings is 1. The molecule has 30 heavy (non-hydrogen) atoms. The molecule has 2 aliphatic rings. The fraction of sp³-hybridized carbons (Fsp3) is 0.435. The first-order valence-electron chi connectivity index (χ1n) is 10.6. The number of hydrogen-bond acceptors (Lipinski definition) is 4. The maximum atomic E-state index is 12.9. The van der Waals surface area contributed by atoms with Crippen LogP contribution in [0.3, 0.4) is 0 Å². The molecule has 1 aliphatic carbocycles. The van der Waals surface area contributed by atoms with E-state index in [9.17, 15) is 13.2 Å². The second-order valence-corrected chi connectivity index (χ2v) is 10.1. The number of carbonyl (C=O) groups is 1. The summed E-state index contributed by atoms with van der Waals surface area (Å²) < 4.78 is 27.1. The molecule has 1 saturated carbocycles. The first-order valence-corrected chi connectivity index (χ1v) is 12.1. The summed E-state index contributed by atoms with van der Waals surface area (Å²) in [6.07, 6.45) is 5.19. The van der Waals surface area contributed by atoms with Crippen LogP contribution in [0.1, 0.15) is 36.0 Å². The molecule has 0 atom stereocenters. The normalized spacial score (nSPS) is 18.5. The number of carbonyl (C=O) groups excluding carboxylic acids is 1. The number of anilines is 1. The van der Waals surface area contributed by atoms with Crippen molar-refractivity contribution in [3.8, 4) is 0 Å². The standard InChI is InChI=1S/C23H29N3O3S/c1-24(20-7-3-2-4-8-20)30(28,29)22-13-11-19(12-14-22)23(27)26-17-15-25(16-18-26)21-9-5-6-10-21/h2-4,7-8,11-14,21H,5-6,9-10,15-18H2,1H3. The molecule has 1 heterocycles. The summed E-state index contributed by atoms with van der Waals surface area (Å²) in [6, 6.07) is 15.9. The Morgan fingerprint density at radius 1 is 0.900 bits per heavy atom. The van der Waals surface area contributed by atoms with Crippen molar-refractivity contribution in [2.24, 2.45) is 0 Å². The molecule has 2 aromatic rings. The van der Waals surface area contributed by atoms with Crippen molar-refractivity contribution in [3.05, 3.63) is 60.2 Å². The van der Waals surface area contributed by atoms with E-state index in [0.717, 1.165) is 26.2 Å². The molecular weight excluding hydrogens is 398 g/mol. The van der Waals surface area contributed by atoms with Gasteiger partial charge in [-0.2, -0.15) is 0 Å². The van der Waals surface area contributed by atoms with Gasteiger partial charge in [-0.05, 0) is 49.2 Å². The van der Waals surface area contributed by atoms with Crippen molar-refractivity contribution in [3.63, 3.8) is 0 Å². The molecule has 1 aliphatic heterocycles. The minimum Gasteiger partial charge on any atom is -0.336 e. The molecule has 0 radical (unpaired) electrons. The number of rotatable bonds is 5. The summed E-state index contributed by atoms with van der Waals surface area (Å²) in [6.45, 7) is 3.30. The van der Waals surface area contributed by atoms with Crippen LogP contribution in [0.25, 0.3) is 0 Å². The third-order valence-electron chi connectivity index (χ3n) is 6.32. The molecule has 0 unspecified atom stereocenters. The summed E-state index contributed by atoms with van der Waals surface area (Å²) in [7, 11) is -2.14. The van der Waals surface area contributed by atoms with Gasteiger partial charge in [-0.1, -0.05) is 31.0 Å². The Bertz CT molecular complexity index is 963. The molecule has 4 rings (SSSR count). The zero-order valence-corrected chi connectivity index (χ0v) is 18.2. The van der Waals surface area contributed by atoms with Crippen LogP contribution in [0.2, 0.25) is 0 Å². The first kappa shape index (κ1) is 20.9. The van der Waals surface area contributed by atoms with Crippen molar-refractivity contribution >= 4 is 21.6 Å². The molecule has 6 nitrogen and oxygen atoms in total. The highest BCUT2D eigenvalue weighted by Gasteiger charge is 2.28. The third-order valence-corrected chi connectivity index (χ3v) is 8.12. The van der Waals surface area contributed by atoms with E-state index in [-0.39, 0.29) is 10.8 Å². The zero-order chi connectivity index (χ0) is 21.1. The lowest BCUT2D eigenvalue weighted by Crippen LogP contribution is -2.51. The molecule has 0 bridgehead atoms. The Morgan fingerprint density at radius 2 is 1.50 bits per heavy atom. The molecular formula is C23H29N3O3S. The maximum Gasteiger partial charge on any atom is 0.264 e. The van der Waals surface area contributed by atoms with Gasteiger partial charge in [-0.25, -0.2) is 8.42 Å². The SMILES string of the molecule is CN(c1ccccc1)S(=O)(=O)c1ccc(C(=O)N2CCN(C3CCCC3)CC2)cc1. The van der Waals surface area contributed by atoms with Crippen LogP contribution in [0, 0.1) is 0 Å². The number of benzene rings is 2. The second kappa shape index (κ2) is 8.78. The highest BCUT2D eigenvalue weighted by molar-refractivity contribution is 7.92. The molecule has 2 fully saturated rings. The van der Waals surface area contributed by atoms with Crippen LogP contribution < -0.4 is 4.31 Å². The Hall–Kier alpha value is -2.38. The second-order valence-electron chi connectivity index (χ2n) is 8.10. The fourth-order valence-corrected chi connectivity index (χ4v) is 5.64. The predicted octanol–water partition coefficient (Wildman–Crippen LogP) is 3.21. The number of para-hydroxylation sites is 1. The van der Waals surface area contributed by atoms with Crippen LogP contribution in [-0.2, 0) is 10.0 Å². The van der Waals surface area contributed by atoms with Gasteiger partial charge in [0.05, 0.1) is 10.6 Å². The average molecular weight is 428 g/mol. The minimum atomic E-state index is -3.67. The van der Waals surface area contributed by atoms with Gasteiger partial charge < -0.3 is 4.90 Å². The summed E-state index contributed by atoms with van der Waals surface area (Å²) in [5, 5.41) is 0. The molecule has 2 aromatic carbocycles. The lowest BCUT2D eigenvalue weighted by atomic mass is 10.1. The Morgan fingerprint density at radius 3 is 2.10 bits per heavy atom. The maximum absolute atomic E-state index is 12.9. The summed E-state index contributed by atoms with van der Waals surface area (Å²) in [5.41, 5.74) is 1.13. The van der Waals surface area contributed by atoms with Crippen molar-refractivity contribution < 1.29 is 13.2 Å². The quantitative estimate of drug-likeness (QED) is 0.735. The van der Waals surface area contributed by atoms with Crippen LogP contribution in [0.5, 0.6) is 0 Å². The molecule has 160 valence electrons. The van der Waals surface area contributed by atoms with E-state index in [1.165, 1.54) is 49.2 Å². The van der Waals surface area contributed by atoms with E-state index < -0.39 is 10.0 Å². The smallest absolute Gasteiger partial charge is 0.264 e. The third kappa shape index (κ3) is 4.23. The Kier molecular flexibility index (Phi) is 6.11. The van der Waals surface area contributed by atoms with Crippen molar-refractivity contribution in [2.75, 3.05) is 37.5 Å². The molecule has 1 amide bonds. The van der Waals surface area contributed by atoms with E-state index >= 15 is 0 Å². The highest BCUT2D eigenvalue weighted by Crippen LogP contribution is 2.25. The van der Waals surface area contributed by atoms with E-state index in [1.54, 1.807) is 36.4 Å². The van der Waals surface area contributed by atoms with Crippen molar-refractivity contribution in [1.29, 1.82) is 0 Å². The summed E-state index contributed by atoms with van der Waals surface area (Å²) >= 11 is 0. The van der Waals surface area contributed by atoms with Crippen LogP contribution in [0.4, 0.5) is 5.69 Å². The minimum absolute atomic E-state index is 0.0265. The van der Waals surface area contributed by atoms with Gasteiger partial charge >= 0.3 is 0 Å². The van der Waals surface area contributed by atoms with E-state index in [2.05, 4.69) is 4.90 Å². The average Bonchev–Trinajstić information content (AvgIpc) is 3.34. The largest absolute Gasteiger partial charge is 0.336 e. The number of amides is 1. The van der Waals surface area contributed by atoms with Crippen LogP contribution in [-0.4, -0.2) is 63.4 Å². The Balaban J connectivity index is 1.41. The van der Waals surface area contributed by atoms with Crippen LogP contribution >= 0.6 is 0 Å². The number of hydrogen-bond donors (Lipinski definition) is 0. The lowest BCUT2D eigenvalue weighted by molar-refractivity contribution is 0.0573. The molecule has 1 saturated heterocycles. The van der Waals surface area contributed by atoms with E-state index in [0.29, 0.717) is 17.3 Å². The van der Waals surface area contributed by atoms with E-state index in [4.69, 9.17) is 0 Å². The van der Waals surface area contributed by atoms with Gasteiger partial charge in [0.15, 0.2) is 0 Å². The summed E-state index contributed by atoms with van der Waals surface area (Å²) in [5.74, 6) is -0.0265. The van der Waals surface area contributed by atoms with Crippen molar-refractivity contribution in [1.82, 2.24) is 9.80 Å². The molecule has 0 N–H and O–H groups in total. The van der Waals surface area contributed by atoms with Gasteiger partial charge in [0.1, 0.15) is 0 Å². The van der Waals surface area contributed by atoms with Gasteiger partial charge in [-0.15, -0.1) is 0 Å². The summed E-state index contributed by atoms with van der Waals surface area (Å²) in [4.78, 5) is 17.5. The zero-order valence-electron chi connectivity index (χ0n) is 17.4. The highest BCUT2D eigenvalue weighted by atomic mass is 32.2. The van der Waals surface area contributed by atoms with E-state index in [1.807, 2.05) is 11.0 Å². The first-order chi connectivity index (χ1) is 14.5. The monoisotopic (exact) mass is 427 g/mol. The lowest BCUT2D eigenvalue weighted by Gasteiger charge is -2.38. The van der Waals surface area contributed by atoms with Gasteiger partial charge in [0.25, 0.3) is 15.9 Å². The topological polar surface area (TPSA) is 60.9 Å². The fourth-order valence-electron chi connectivity index (χ4n) is 4.45. The molecule has 7 heteroatoms. The van der Waals surface area contributed by atoms with Crippen LogP contribution in [0.15, 0.2) is 59.5 Å². The predicted molar refractivity (Wildman–Crippen MR) is 118 cm³/mol. The molecule has 0 spiro atoms. The van der Waals surface area contributed by atoms with Gasteiger partial charge in [0.2, 0.25) is 0 Å². The van der Waals surface area contributed by atoms with Gasteiger partial charge in [0, 0.05) is 44.8 Å². The Labute approximate surface area is 179 Å². The van der Waals surface area contributed by atoms with Gasteiger partial charge in [-0.3, -0.25) is 14.0 Å².